The molecule has 0 spiro atoms. The first-order valence-corrected chi connectivity index (χ1v) is 9.50. The van der Waals surface area contributed by atoms with Crippen LogP contribution in [0.5, 0.6) is 0 Å². The molecule has 1 aliphatic rings. The summed E-state index contributed by atoms with van der Waals surface area (Å²) >= 11 is 0. The van der Waals surface area contributed by atoms with E-state index in [-0.39, 0.29) is 37.0 Å². The Bertz CT molecular complexity index is 881. The Labute approximate surface area is 169 Å². The van der Waals surface area contributed by atoms with E-state index in [2.05, 4.69) is 10.5 Å². The normalized spacial score (nSPS) is 13.2. The van der Waals surface area contributed by atoms with Gasteiger partial charge in [0.15, 0.2) is 6.61 Å². The minimum absolute atomic E-state index is 0.122. The molecule has 150 valence electrons. The molecule has 0 radical (unpaired) electrons. The molecule has 1 heterocycles. The van der Waals surface area contributed by atoms with Crippen LogP contribution in [0.15, 0.2) is 65.8 Å². The summed E-state index contributed by atoms with van der Waals surface area (Å²) in [5.74, 6) is -1.20. The largest absolute Gasteiger partial charge is 0.451 e. The van der Waals surface area contributed by atoms with Gasteiger partial charge in [0.1, 0.15) is 5.71 Å². The average molecular weight is 393 g/mol. The standard InChI is InChI=1S/C22H23N3O4/c26-20-12-11-19(23-24-20)22(28)29-16-21(27)25(15-18-9-5-2-6-10-18)14-13-17-7-3-1-4-8-17/h1-10H,11-16H2,(H,24,26). The van der Waals surface area contributed by atoms with Crippen LogP contribution >= 0.6 is 0 Å². The van der Waals surface area contributed by atoms with Gasteiger partial charge in [0, 0.05) is 25.9 Å². The second-order valence-corrected chi connectivity index (χ2v) is 6.71. The van der Waals surface area contributed by atoms with E-state index in [0.717, 1.165) is 11.1 Å². The number of carbonyl (C=O) groups is 3. The van der Waals surface area contributed by atoms with Crippen molar-refractivity contribution < 1.29 is 19.1 Å². The summed E-state index contributed by atoms with van der Waals surface area (Å²) in [6.45, 7) is 0.570. The van der Waals surface area contributed by atoms with Gasteiger partial charge in [-0.15, -0.1) is 0 Å². The fraction of sp³-hybridized carbons (Fsp3) is 0.273. The molecular weight excluding hydrogens is 370 g/mol. The molecule has 0 saturated carbocycles. The van der Waals surface area contributed by atoms with Crippen LogP contribution in [0.2, 0.25) is 0 Å². The van der Waals surface area contributed by atoms with Crippen molar-refractivity contribution in [2.24, 2.45) is 5.10 Å². The lowest BCUT2D eigenvalue weighted by atomic mass is 10.1. The average Bonchev–Trinajstić information content (AvgIpc) is 2.76. The van der Waals surface area contributed by atoms with Crippen LogP contribution in [0, 0.1) is 0 Å². The van der Waals surface area contributed by atoms with Crippen LogP contribution in [-0.4, -0.2) is 41.5 Å². The first-order chi connectivity index (χ1) is 14.1. The zero-order chi connectivity index (χ0) is 20.5. The SMILES string of the molecule is O=C1CCC(C(=O)OCC(=O)N(CCc2ccccc2)Cc2ccccc2)=NN1. The van der Waals surface area contributed by atoms with Gasteiger partial charge < -0.3 is 9.64 Å². The molecule has 0 aromatic heterocycles. The number of ether oxygens (including phenoxy) is 1. The topological polar surface area (TPSA) is 88.1 Å². The van der Waals surface area contributed by atoms with Crippen LogP contribution in [0.4, 0.5) is 0 Å². The van der Waals surface area contributed by atoms with E-state index in [4.69, 9.17) is 4.74 Å². The van der Waals surface area contributed by atoms with Gasteiger partial charge in [0.05, 0.1) is 0 Å². The Hall–Kier alpha value is -3.48. The number of esters is 1. The van der Waals surface area contributed by atoms with Gasteiger partial charge in [0.2, 0.25) is 5.91 Å². The molecular formula is C22H23N3O4. The van der Waals surface area contributed by atoms with E-state index >= 15 is 0 Å². The van der Waals surface area contributed by atoms with Crippen molar-refractivity contribution in [1.82, 2.24) is 10.3 Å². The highest BCUT2D eigenvalue weighted by Gasteiger charge is 2.22. The van der Waals surface area contributed by atoms with Crippen LogP contribution in [-0.2, 0) is 32.1 Å². The summed E-state index contributed by atoms with van der Waals surface area (Å²) in [6, 6.07) is 19.6. The van der Waals surface area contributed by atoms with Gasteiger partial charge in [-0.3, -0.25) is 9.59 Å². The van der Waals surface area contributed by atoms with Crippen molar-refractivity contribution >= 4 is 23.5 Å². The predicted molar refractivity (Wildman–Crippen MR) is 108 cm³/mol. The Morgan fingerprint density at radius 1 is 0.966 bits per heavy atom. The van der Waals surface area contributed by atoms with Gasteiger partial charge >= 0.3 is 5.97 Å². The minimum Gasteiger partial charge on any atom is -0.451 e. The molecule has 2 amide bonds. The molecule has 7 heteroatoms. The third-order valence-electron chi connectivity index (χ3n) is 4.55. The van der Waals surface area contributed by atoms with Crippen LogP contribution in [0.3, 0.4) is 0 Å². The lowest BCUT2D eigenvalue weighted by Crippen LogP contribution is -2.37. The lowest BCUT2D eigenvalue weighted by molar-refractivity contribution is -0.147. The zero-order valence-corrected chi connectivity index (χ0v) is 16.0. The highest BCUT2D eigenvalue weighted by molar-refractivity contribution is 6.37. The molecule has 0 aliphatic carbocycles. The minimum atomic E-state index is -0.680. The lowest BCUT2D eigenvalue weighted by Gasteiger charge is -2.23. The van der Waals surface area contributed by atoms with E-state index in [1.54, 1.807) is 4.90 Å². The molecule has 29 heavy (non-hydrogen) atoms. The van der Waals surface area contributed by atoms with Crippen molar-refractivity contribution in [3.63, 3.8) is 0 Å². The number of amides is 2. The van der Waals surface area contributed by atoms with Crippen LogP contribution in [0.25, 0.3) is 0 Å². The summed E-state index contributed by atoms with van der Waals surface area (Å²) in [5, 5.41) is 3.69. The third kappa shape index (κ3) is 6.27. The molecule has 1 N–H and O–H groups in total. The molecule has 0 atom stereocenters. The number of benzene rings is 2. The molecule has 0 unspecified atom stereocenters. The Balaban J connectivity index is 1.60. The Kier molecular flexibility index (Phi) is 7.10. The third-order valence-corrected chi connectivity index (χ3v) is 4.55. The second kappa shape index (κ2) is 10.2. The smallest absolute Gasteiger partial charge is 0.355 e. The summed E-state index contributed by atoms with van der Waals surface area (Å²) < 4.78 is 5.14. The van der Waals surface area contributed by atoms with Crippen LogP contribution in [0.1, 0.15) is 24.0 Å². The van der Waals surface area contributed by atoms with Crippen LogP contribution < -0.4 is 5.43 Å². The van der Waals surface area contributed by atoms with E-state index in [1.165, 1.54) is 0 Å². The van der Waals surface area contributed by atoms with Crippen molar-refractivity contribution in [2.45, 2.75) is 25.8 Å². The first kappa shape index (κ1) is 20.3. The number of hydrogen-bond donors (Lipinski definition) is 1. The van der Waals surface area contributed by atoms with Gasteiger partial charge in [-0.2, -0.15) is 5.10 Å². The molecule has 0 fully saturated rings. The van der Waals surface area contributed by atoms with Crippen molar-refractivity contribution in [2.75, 3.05) is 13.2 Å². The highest BCUT2D eigenvalue weighted by Crippen LogP contribution is 2.09. The fourth-order valence-corrected chi connectivity index (χ4v) is 2.93. The van der Waals surface area contributed by atoms with E-state index in [1.807, 2.05) is 60.7 Å². The molecule has 0 saturated heterocycles. The van der Waals surface area contributed by atoms with Gasteiger partial charge in [0.25, 0.3) is 5.91 Å². The number of nitrogens with zero attached hydrogens (tertiary/aromatic N) is 2. The Morgan fingerprint density at radius 3 is 2.24 bits per heavy atom. The monoisotopic (exact) mass is 393 g/mol. The highest BCUT2D eigenvalue weighted by atomic mass is 16.5. The van der Waals surface area contributed by atoms with Crippen molar-refractivity contribution in [3.05, 3.63) is 71.8 Å². The molecule has 7 nitrogen and oxygen atoms in total. The van der Waals surface area contributed by atoms with Gasteiger partial charge in [-0.05, 0) is 17.5 Å². The van der Waals surface area contributed by atoms with Gasteiger partial charge in [-0.1, -0.05) is 60.7 Å². The Morgan fingerprint density at radius 2 is 1.62 bits per heavy atom. The number of nitrogens with one attached hydrogen (secondary N) is 1. The number of hydrogen-bond acceptors (Lipinski definition) is 5. The number of rotatable bonds is 8. The van der Waals surface area contributed by atoms with E-state index in [0.29, 0.717) is 19.5 Å². The molecule has 1 aliphatic heterocycles. The molecule has 0 bridgehead atoms. The quantitative estimate of drug-likeness (QED) is 0.696. The van der Waals surface area contributed by atoms with Crippen molar-refractivity contribution in [1.29, 1.82) is 0 Å². The summed E-state index contributed by atoms with van der Waals surface area (Å²) in [5.41, 5.74) is 4.50. The second-order valence-electron chi connectivity index (χ2n) is 6.71. The maximum absolute atomic E-state index is 12.7. The zero-order valence-electron chi connectivity index (χ0n) is 16.0. The maximum atomic E-state index is 12.7. The fourth-order valence-electron chi connectivity index (χ4n) is 2.93. The summed E-state index contributed by atoms with van der Waals surface area (Å²) in [6.07, 6.45) is 1.09. The molecule has 2 aromatic carbocycles. The van der Waals surface area contributed by atoms with E-state index in [9.17, 15) is 14.4 Å². The number of hydrazone groups is 1. The maximum Gasteiger partial charge on any atom is 0.355 e. The number of carbonyl (C=O) groups excluding carboxylic acids is 3. The predicted octanol–water partition coefficient (Wildman–Crippen LogP) is 2.07. The molecule has 2 aromatic rings. The molecule has 3 rings (SSSR count). The summed E-state index contributed by atoms with van der Waals surface area (Å²) in [4.78, 5) is 37.6. The van der Waals surface area contributed by atoms with Gasteiger partial charge in [-0.25, -0.2) is 10.2 Å². The van der Waals surface area contributed by atoms with Crippen molar-refractivity contribution in [3.8, 4) is 0 Å². The summed E-state index contributed by atoms with van der Waals surface area (Å²) in [7, 11) is 0. The first-order valence-electron chi connectivity index (χ1n) is 9.50. The van der Waals surface area contributed by atoms with E-state index < -0.39 is 5.97 Å².